The predicted octanol–water partition coefficient (Wildman–Crippen LogP) is 2.58. The van der Waals surface area contributed by atoms with Gasteiger partial charge in [0.25, 0.3) is 5.91 Å². The van der Waals surface area contributed by atoms with Crippen molar-refractivity contribution in [1.82, 2.24) is 4.90 Å². The maximum absolute atomic E-state index is 12.2. The highest BCUT2D eigenvalue weighted by atomic mass is 32.1. The normalized spacial score (nSPS) is 10.1. The van der Waals surface area contributed by atoms with Crippen molar-refractivity contribution in [1.29, 1.82) is 0 Å². The molecule has 98 valence electrons. The van der Waals surface area contributed by atoms with Gasteiger partial charge in [-0.2, -0.15) is 0 Å². The quantitative estimate of drug-likeness (QED) is 0.634. The molecule has 1 amide bonds. The minimum absolute atomic E-state index is 0.0178. The van der Waals surface area contributed by atoms with Crippen molar-refractivity contribution in [3.05, 3.63) is 35.4 Å². The van der Waals surface area contributed by atoms with E-state index in [1.807, 2.05) is 19.2 Å². The number of carbonyl (C=O) groups is 1. The lowest BCUT2D eigenvalue weighted by atomic mass is 10.1. The van der Waals surface area contributed by atoms with Gasteiger partial charge in [0.1, 0.15) is 4.99 Å². The van der Waals surface area contributed by atoms with Gasteiger partial charge in [0.15, 0.2) is 0 Å². The number of amides is 1. The zero-order valence-electron chi connectivity index (χ0n) is 11.0. The average molecular weight is 264 g/mol. The molecule has 0 heterocycles. The van der Waals surface area contributed by atoms with Gasteiger partial charge in [0.05, 0.1) is 0 Å². The monoisotopic (exact) mass is 264 g/mol. The molecule has 18 heavy (non-hydrogen) atoms. The number of carbonyl (C=O) groups excluding carboxylic acids is 1. The second kappa shape index (κ2) is 7.11. The zero-order valence-corrected chi connectivity index (χ0v) is 11.8. The van der Waals surface area contributed by atoms with Crippen molar-refractivity contribution in [2.45, 2.75) is 26.2 Å². The molecule has 0 radical (unpaired) electrons. The first-order chi connectivity index (χ1) is 8.56. The van der Waals surface area contributed by atoms with Crippen molar-refractivity contribution in [2.24, 2.45) is 5.73 Å². The van der Waals surface area contributed by atoms with Crippen molar-refractivity contribution >= 4 is 23.1 Å². The third-order valence-electron chi connectivity index (χ3n) is 2.84. The fraction of sp³-hybridized carbons (Fsp3) is 0.429. The summed E-state index contributed by atoms with van der Waals surface area (Å²) in [6.07, 6.45) is 3.33. The van der Waals surface area contributed by atoms with Gasteiger partial charge in [0, 0.05) is 24.7 Å². The minimum Gasteiger partial charge on any atom is -0.389 e. The van der Waals surface area contributed by atoms with Crippen LogP contribution in [0.1, 0.15) is 42.1 Å². The van der Waals surface area contributed by atoms with Crippen LogP contribution in [0.4, 0.5) is 0 Å². The van der Waals surface area contributed by atoms with E-state index in [0.717, 1.165) is 31.4 Å². The molecule has 4 heteroatoms. The van der Waals surface area contributed by atoms with Gasteiger partial charge in [-0.1, -0.05) is 44.1 Å². The number of rotatable bonds is 6. The summed E-state index contributed by atoms with van der Waals surface area (Å²) in [5, 5.41) is 0. The van der Waals surface area contributed by atoms with E-state index in [0.29, 0.717) is 10.6 Å². The van der Waals surface area contributed by atoms with Crippen LogP contribution in [0.15, 0.2) is 24.3 Å². The summed E-state index contributed by atoms with van der Waals surface area (Å²) >= 11 is 4.91. The molecule has 3 nitrogen and oxygen atoms in total. The van der Waals surface area contributed by atoms with Gasteiger partial charge in [-0.05, 0) is 18.6 Å². The van der Waals surface area contributed by atoms with Gasteiger partial charge in [0.2, 0.25) is 0 Å². The van der Waals surface area contributed by atoms with E-state index in [2.05, 4.69) is 6.92 Å². The summed E-state index contributed by atoms with van der Waals surface area (Å²) in [7, 11) is 1.82. The molecule has 0 aliphatic heterocycles. The van der Waals surface area contributed by atoms with Gasteiger partial charge in [-0.15, -0.1) is 0 Å². The Morgan fingerprint density at radius 1 is 1.33 bits per heavy atom. The Balaban J connectivity index is 2.71. The standard InChI is InChI=1S/C14H20N2OS/c1-3-4-5-9-16(2)14(17)12-8-6-7-11(10-12)13(15)18/h6-8,10H,3-5,9H2,1-2H3,(H2,15,18). The van der Waals surface area contributed by atoms with Crippen LogP contribution in [0.3, 0.4) is 0 Å². The molecule has 0 aliphatic rings. The van der Waals surface area contributed by atoms with Gasteiger partial charge >= 0.3 is 0 Å². The highest BCUT2D eigenvalue weighted by molar-refractivity contribution is 7.80. The van der Waals surface area contributed by atoms with Crippen molar-refractivity contribution in [3.8, 4) is 0 Å². The number of thiocarbonyl (C=S) groups is 1. The molecule has 0 bridgehead atoms. The summed E-state index contributed by atoms with van der Waals surface area (Å²) in [5.41, 5.74) is 6.94. The molecule has 0 aliphatic carbocycles. The summed E-state index contributed by atoms with van der Waals surface area (Å²) in [5.74, 6) is 0.0178. The van der Waals surface area contributed by atoms with Crippen LogP contribution in [-0.4, -0.2) is 29.4 Å². The highest BCUT2D eigenvalue weighted by Gasteiger charge is 2.11. The molecule has 2 N–H and O–H groups in total. The van der Waals surface area contributed by atoms with E-state index in [1.165, 1.54) is 0 Å². The van der Waals surface area contributed by atoms with Crippen molar-refractivity contribution < 1.29 is 4.79 Å². The number of nitrogens with zero attached hydrogens (tertiary/aromatic N) is 1. The van der Waals surface area contributed by atoms with Crippen LogP contribution in [0, 0.1) is 0 Å². The Labute approximate surface area is 114 Å². The first-order valence-corrected chi connectivity index (χ1v) is 6.62. The van der Waals surface area contributed by atoms with E-state index in [9.17, 15) is 4.79 Å². The largest absolute Gasteiger partial charge is 0.389 e. The molecular weight excluding hydrogens is 244 g/mol. The number of nitrogens with two attached hydrogens (primary N) is 1. The summed E-state index contributed by atoms with van der Waals surface area (Å²) in [6, 6.07) is 7.17. The van der Waals surface area contributed by atoms with E-state index >= 15 is 0 Å². The minimum atomic E-state index is 0.0178. The molecule has 0 fully saturated rings. The van der Waals surface area contributed by atoms with E-state index in [1.54, 1.807) is 17.0 Å². The predicted molar refractivity (Wildman–Crippen MR) is 78.8 cm³/mol. The number of unbranched alkanes of at least 4 members (excludes halogenated alkanes) is 2. The average Bonchev–Trinajstić information content (AvgIpc) is 2.38. The second-order valence-corrected chi connectivity index (χ2v) is 4.82. The molecule has 0 spiro atoms. The van der Waals surface area contributed by atoms with Crippen LogP contribution in [0.5, 0.6) is 0 Å². The Bertz CT molecular complexity index is 432. The lowest BCUT2D eigenvalue weighted by Crippen LogP contribution is -2.28. The Morgan fingerprint density at radius 2 is 2.00 bits per heavy atom. The molecule has 1 rings (SSSR count). The van der Waals surface area contributed by atoms with Gasteiger partial charge < -0.3 is 10.6 Å². The summed E-state index contributed by atoms with van der Waals surface area (Å²) in [4.78, 5) is 14.2. The van der Waals surface area contributed by atoms with Crippen molar-refractivity contribution in [2.75, 3.05) is 13.6 Å². The lowest BCUT2D eigenvalue weighted by molar-refractivity contribution is 0.0792. The summed E-state index contributed by atoms with van der Waals surface area (Å²) in [6.45, 7) is 2.93. The topological polar surface area (TPSA) is 46.3 Å². The maximum atomic E-state index is 12.2. The Kier molecular flexibility index (Phi) is 5.78. The smallest absolute Gasteiger partial charge is 0.253 e. The van der Waals surface area contributed by atoms with Gasteiger partial charge in [-0.25, -0.2) is 0 Å². The third-order valence-corrected chi connectivity index (χ3v) is 3.07. The molecule has 1 aromatic rings. The molecule has 0 aromatic heterocycles. The van der Waals surface area contributed by atoms with E-state index in [4.69, 9.17) is 18.0 Å². The highest BCUT2D eigenvalue weighted by Crippen LogP contribution is 2.09. The van der Waals surface area contributed by atoms with Crippen LogP contribution in [0.2, 0.25) is 0 Å². The number of hydrogen-bond donors (Lipinski definition) is 1. The van der Waals surface area contributed by atoms with Crippen LogP contribution in [0.25, 0.3) is 0 Å². The first kappa shape index (κ1) is 14.6. The molecule has 0 saturated carbocycles. The maximum Gasteiger partial charge on any atom is 0.253 e. The number of hydrogen-bond acceptors (Lipinski definition) is 2. The van der Waals surface area contributed by atoms with Crippen molar-refractivity contribution in [3.63, 3.8) is 0 Å². The first-order valence-electron chi connectivity index (χ1n) is 6.21. The molecule has 0 unspecified atom stereocenters. The van der Waals surface area contributed by atoms with Gasteiger partial charge in [-0.3, -0.25) is 4.79 Å². The zero-order chi connectivity index (χ0) is 13.5. The SMILES string of the molecule is CCCCCN(C)C(=O)c1cccc(C(N)=S)c1. The van der Waals surface area contributed by atoms with Crippen LogP contribution in [-0.2, 0) is 0 Å². The third kappa shape index (κ3) is 4.11. The second-order valence-electron chi connectivity index (χ2n) is 4.38. The van der Waals surface area contributed by atoms with Crippen LogP contribution >= 0.6 is 12.2 Å². The Hall–Kier alpha value is -1.42. The van der Waals surface area contributed by atoms with E-state index in [-0.39, 0.29) is 5.91 Å². The fourth-order valence-electron chi connectivity index (χ4n) is 1.73. The van der Waals surface area contributed by atoms with E-state index < -0.39 is 0 Å². The van der Waals surface area contributed by atoms with Crippen LogP contribution < -0.4 is 5.73 Å². The fourth-order valence-corrected chi connectivity index (χ4v) is 1.85. The summed E-state index contributed by atoms with van der Waals surface area (Å²) < 4.78 is 0. The molecule has 0 atom stereocenters. The number of benzene rings is 1. The molecule has 0 saturated heterocycles. The molecular formula is C14H20N2OS. The Morgan fingerprint density at radius 3 is 2.61 bits per heavy atom. The lowest BCUT2D eigenvalue weighted by Gasteiger charge is -2.17. The molecule has 1 aromatic carbocycles.